The number of pyridine rings is 2. The summed E-state index contributed by atoms with van der Waals surface area (Å²) < 4.78 is 0. The normalized spacial score (nSPS) is 10.8. The lowest BCUT2D eigenvalue weighted by Gasteiger charge is -2.33. The van der Waals surface area contributed by atoms with E-state index in [2.05, 4.69) is 111 Å². The van der Waals surface area contributed by atoms with E-state index >= 15 is 0 Å². The molecule has 0 spiro atoms. The fourth-order valence-corrected chi connectivity index (χ4v) is 5.10. The number of nitrogens with zero attached hydrogens (tertiary/aromatic N) is 4. The Morgan fingerprint density at radius 1 is 0.432 bits per heavy atom. The lowest BCUT2D eigenvalue weighted by Crippen LogP contribution is -2.19. The Hall–Kier alpha value is -4.44. The van der Waals surface area contributed by atoms with Crippen LogP contribution in [0.4, 0.5) is 34.4 Å². The average Bonchev–Trinajstić information content (AvgIpc) is 2.90. The molecule has 0 aliphatic rings. The van der Waals surface area contributed by atoms with Crippen LogP contribution in [0.15, 0.2) is 103 Å². The molecule has 0 atom stereocenters. The standard InChI is InChI=1S/C33H32N4/c1-23-13-10-14-24(2)32(23)36(30-19-6-8-21-34-30)28-17-12-18-29(27(28)5)37(31-20-7-9-22-35-31)33-25(3)15-11-16-26(33)4/h6-22H,1-5H3. The number of hydrogen-bond donors (Lipinski definition) is 0. The zero-order valence-electron chi connectivity index (χ0n) is 22.1. The van der Waals surface area contributed by atoms with Crippen molar-refractivity contribution in [1.82, 2.24) is 9.97 Å². The maximum Gasteiger partial charge on any atom is 0.137 e. The first-order valence-electron chi connectivity index (χ1n) is 12.6. The van der Waals surface area contributed by atoms with Crippen LogP contribution in [-0.4, -0.2) is 9.97 Å². The average molecular weight is 485 g/mol. The van der Waals surface area contributed by atoms with Crippen LogP contribution in [-0.2, 0) is 0 Å². The summed E-state index contributed by atoms with van der Waals surface area (Å²) in [6, 6.07) is 31.5. The van der Waals surface area contributed by atoms with E-state index in [1.54, 1.807) is 0 Å². The van der Waals surface area contributed by atoms with Crippen molar-refractivity contribution >= 4 is 34.4 Å². The van der Waals surface area contributed by atoms with Gasteiger partial charge in [-0.3, -0.25) is 9.80 Å². The summed E-state index contributed by atoms with van der Waals surface area (Å²) in [5, 5.41) is 0. The van der Waals surface area contributed by atoms with Gasteiger partial charge in [-0.15, -0.1) is 0 Å². The van der Waals surface area contributed by atoms with Gasteiger partial charge in [0.1, 0.15) is 11.6 Å². The van der Waals surface area contributed by atoms with Gasteiger partial charge in [-0.1, -0.05) is 54.6 Å². The minimum Gasteiger partial charge on any atom is -0.294 e. The number of para-hydroxylation sites is 2. The number of anilines is 6. The van der Waals surface area contributed by atoms with Gasteiger partial charge in [0.15, 0.2) is 0 Å². The Kier molecular flexibility index (Phi) is 6.74. The summed E-state index contributed by atoms with van der Waals surface area (Å²) in [5.74, 6) is 1.77. The van der Waals surface area contributed by atoms with Crippen molar-refractivity contribution in [3.05, 3.63) is 131 Å². The smallest absolute Gasteiger partial charge is 0.137 e. The molecule has 0 bridgehead atoms. The molecule has 0 N–H and O–H groups in total. The molecule has 4 nitrogen and oxygen atoms in total. The van der Waals surface area contributed by atoms with Gasteiger partial charge in [-0.05, 0) is 98.8 Å². The molecule has 37 heavy (non-hydrogen) atoms. The Bertz CT molecular complexity index is 1370. The molecule has 5 aromatic rings. The molecule has 0 radical (unpaired) electrons. The third-order valence-corrected chi connectivity index (χ3v) is 6.84. The molecular weight excluding hydrogens is 452 g/mol. The van der Waals surface area contributed by atoms with Gasteiger partial charge >= 0.3 is 0 Å². The van der Waals surface area contributed by atoms with Gasteiger partial charge in [-0.2, -0.15) is 0 Å². The van der Waals surface area contributed by atoms with E-state index < -0.39 is 0 Å². The number of rotatable bonds is 6. The molecular formula is C33H32N4. The summed E-state index contributed by atoms with van der Waals surface area (Å²) >= 11 is 0. The second kappa shape index (κ2) is 10.3. The predicted molar refractivity (Wildman–Crippen MR) is 155 cm³/mol. The predicted octanol–water partition coefficient (Wildman–Crippen LogP) is 8.96. The highest BCUT2D eigenvalue weighted by Gasteiger charge is 2.24. The number of hydrogen-bond acceptors (Lipinski definition) is 4. The molecule has 0 saturated carbocycles. The van der Waals surface area contributed by atoms with Crippen LogP contribution in [0, 0.1) is 34.6 Å². The monoisotopic (exact) mass is 484 g/mol. The largest absolute Gasteiger partial charge is 0.294 e. The first kappa shape index (κ1) is 24.3. The second-order valence-electron chi connectivity index (χ2n) is 9.45. The van der Waals surface area contributed by atoms with Crippen LogP contribution in [0.1, 0.15) is 27.8 Å². The molecule has 184 valence electrons. The maximum atomic E-state index is 4.77. The van der Waals surface area contributed by atoms with Crippen LogP contribution >= 0.6 is 0 Å². The Labute approximate surface area is 219 Å². The molecule has 2 heterocycles. The van der Waals surface area contributed by atoms with Crippen molar-refractivity contribution in [2.45, 2.75) is 34.6 Å². The van der Waals surface area contributed by atoms with Crippen molar-refractivity contribution in [3.8, 4) is 0 Å². The number of aromatic nitrogens is 2. The highest BCUT2D eigenvalue weighted by molar-refractivity contribution is 5.87. The van der Waals surface area contributed by atoms with E-state index in [1.807, 2.05) is 36.7 Å². The van der Waals surface area contributed by atoms with Gasteiger partial charge in [0.2, 0.25) is 0 Å². The van der Waals surface area contributed by atoms with Crippen molar-refractivity contribution in [1.29, 1.82) is 0 Å². The quantitative estimate of drug-likeness (QED) is 0.241. The number of aryl methyl sites for hydroxylation is 4. The van der Waals surface area contributed by atoms with Crippen molar-refractivity contribution in [2.75, 3.05) is 9.80 Å². The fraction of sp³-hybridized carbons (Fsp3) is 0.152. The van der Waals surface area contributed by atoms with Crippen LogP contribution in [0.3, 0.4) is 0 Å². The van der Waals surface area contributed by atoms with E-state index in [9.17, 15) is 0 Å². The van der Waals surface area contributed by atoms with Crippen molar-refractivity contribution in [2.24, 2.45) is 0 Å². The topological polar surface area (TPSA) is 32.3 Å². The highest BCUT2D eigenvalue weighted by Crippen LogP contribution is 2.45. The first-order valence-corrected chi connectivity index (χ1v) is 12.6. The molecule has 0 saturated heterocycles. The van der Waals surface area contributed by atoms with Crippen LogP contribution in [0.5, 0.6) is 0 Å². The maximum absolute atomic E-state index is 4.77. The molecule has 0 aliphatic heterocycles. The lowest BCUT2D eigenvalue weighted by molar-refractivity contribution is 1.11. The van der Waals surface area contributed by atoms with E-state index in [0.29, 0.717) is 0 Å². The molecule has 5 rings (SSSR count). The zero-order chi connectivity index (χ0) is 25.9. The van der Waals surface area contributed by atoms with Gasteiger partial charge < -0.3 is 0 Å². The summed E-state index contributed by atoms with van der Waals surface area (Å²) in [6.07, 6.45) is 3.71. The summed E-state index contributed by atoms with van der Waals surface area (Å²) in [6.45, 7) is 10.8. The third-order valence-electron chi connectivity index (χ3n) is 6.84. The SMILES string of the molecule is Cc1cccc(C)c1N(c1ccccn1)c1cccc(N(c2ccccn2)c2c(C)cccc2C)c1C. The van der Waals surface area contributed by atoms with Gasteiger partial charge in [0.25, 0.3) is 0 Å². The molecule has 0 amide bonds. The summed E-state index contributed by atoms with van der Waals surface area (Å²) in [5.41, 5.74) is 10.4. The van der Waals surface area contributed by atoms with Crippen LogP contribution in [0.2, 0.25) is 0 Å². The molecule has 0 aliphatic carbocycles. The Balaban J connectivity index is 1.78. The minimum absolute atomic E-state index is 0.886. The van der Waals surface area contributed by atoms with Crippen LogP contribution < -0.4 is 9.80 Å². The van der Waals surface area contributed by atoms with E-state index in [4.69, 9.17) is 9.97 Å². The van der Waals surface area contributed by atoms with Crippen molar-refractivity contribution < 1.29 is 0 Å². The van der Waals surface area contributed by atoms with Crippen molar-refractivity contribution in [3.63, 3.8) is 0 Å². The van der Waals surface area contributed by atoms with E-state index in [0.717, 1.165) is 39.9 Å². The molecule has 4 heteroatoms. The molecule has 3 aromatic carbocycles. The fourth-order valence-electron chi connectivity index (χ4n) is 5.10. The summed E-state index contributed by atoms with van der Waals surface area (Å²) in [4.78, 5) is 14.1. The lowest BCUT2D eigenvalue weighted by atomic mass is 10.0. The molecule has 0 unspecified atom stereocenters. The Morgan fingerprint density at radius 3 is 1.16 bits per heavy atom. The van der Waals surface area contributed by atoms with Gasteiger partial charge in [-0.25, -0.2) is 9.97 Å². The first-order chi connectivity index (χ1) is 18.0. The molecule has 2 aromatic heterocycles. The second-order valence-corrected chi connectivity index (χ2v) is 9.45. The zero-order valence-corrected chi connectivity index (χ0v) is 22.1. The molecule has 0 fully saturated rings. The summed E-state index contributed by atoms with van der Waals surface area (Å²) in [7, 11) is 0. The Morgan fingerprint density at radius 2 is 0.811 bits per heavy atom. The van der Waals surface area contributed by atoms with E-state index in [1.165, 1.54) is 22.3 Å². The van der Waals surface area contributed by atoms with E-state index in [-0.39, 0.29) is 0 Å². The van der Waals surface area contributed by atoms with Crippen LogP contribution in [0.25, 0.3) is 0 Å². The van der Waals surface area contributed by atoms with Gasteiger partial charge in [0, 0.05) is 12.4 Å². The highest BCUT2D eigenvalue weighted by atomic mass is 15.2. The van der Waals surface area contributed by atoms with Gasteiger partial charge in [0.05, 0.1) is 22.7 Å². The number of benzene rings is 3. The third kappa shape index (κ3) is 4.58. The minimum atomic E-state index is 0.886.